The molecule has 5 nitrogen and oxygen atoms in total. The molecule has 1 aromatic rings. The number of amides is 2. The van der Waals surface area contributed by atoms with E-state index in [1.54, 1.807) is 0 Å². The molecule has 1 aromatic heterocycles. The van der Waals surface area contributed by atoms with Crippen LogP contribution in [0.1, 0.15) is 64.5 Å². The summed E-state index contributed by atoms with van der Waals surface area (Å²) < 4.78 is 0. The van der Waals surface area contributed by atoms with Gasteiger partial charge in [0.1, 0.15) is 0 Å². The zero-order valence-corrected chi connectivity index (χ0v) is 17.4. The fourth-order valence-corrected chi connectivity index (χ4v) is 8.33. The van der Waals surface area contributed by atoms with E-state index < -0.39 is 0 Å². The topological polar surface area (TPSA) is 76.3 Å². The predicted octanol–water partition coefficient (Wildman–Crippen LogP) is 3.03. The number of nitrogens with two attached hydrogens (primary N) is 1. The zero-order valence-electron chi connectivity index (χ0n) is 17.4. The standard InChI is InChI=1S/C24H31N3O2/c1-22(2)19(24(6-7-24)17-5-3-4-8-26-17)27(21(22)29)18-15-9-14-10-16(18)13-23(11-14,12-15)20(25)28/h3-5,8,14-16,18-19H,6-7,9-13H2,1-2H3,(H2,25,28)/t14?,15-,16?,18-,19?,23-/m0/s1. The van der Waals surface area contributed by atoms with Crippen molar-refractivity contribution in [1.82, 2.24) is 9.88 Å². The lowest BCUT2D eigenvalue weighted by Gasteiger charge is -2.67. The maximum atomic E-state index is 13.5. The molecule has 5 heteroatoms. The van der Waals surface area contributed by atoms with Gasteiger partial charge < -0.3 is 10.6 Å². The van der Waals surface area contributed by atoms with E-state index in [1.165, 1.54) is 0 Å². The average Bonchev–Trinajstić information content (AvgIpc) is 3.47. The van der Waals surface area contributed by atoms with Gasteiger partial charge in [0.05, 0.1) is 11.5 Å². The van der Waals surface area contributed by atoms with Crippen LogP contribution in [0.4, 0.5) is 0 Å². The summed E-state index contributed by atoms with van der Waals surface area (Å²) in [6, 6.07) is 6.67. The second-order valence-corrected chi connectivity index (χ2v) is 11.3. The summed E-state index contributed by atoms with van der Waals surface area (Å²) in [5.74, 6) is 1.67. The molecule has 2 amide bonds. The van der Waals surface area contributed by atoms with E-state index in [0.29, 0.717) is 23.7 Å². The van der Waals surface area contributed by atoms with E-state index >= 15 is 0 Å². The molecule has 2 heterocycles. The number of β-lactam (4-membered cyclic amide) rings is 1. The Morgan fingerprint density at radius 2 is 1.83 bits per heavy atom. The van der Waals surface area contributed by atoms with Gasteiger partial charge in [0, 0.05) is 28.8 Å². The Bertz CT molecular complexity index is 875. The third-order valence-electron chi connectivity index (χ3n) is 9.30. The van der Waals surface area contributed by atoms with E-state index in [9.17, 15) is 9.59 Å². The number of carbonyl (C=O) groups is 2. The van der Waals surface area contributed by atoms with E-state index in [0.717, 1.165) is 50.6 Å². The lowest BCUT2D eigenvalue weighted by Crippen LogP contribution is -2.77. The maximum absolute atomic E-state index is 13.5. The highest BCUT2D eigenvalue weighted by molar-refractivity contribution is 5.91. The minimum atomic E-state index is -0.343. The lowest BCUT2D eigenvalue weighted by atomic mass is 9.46. The van der Waals surface area contributed by atoms with Gasteiger partial charge in [0.25, 0.3) is 0 Å². The number of hydrogen-bond donors (Lipinski definition) is 1. The van der Waals surface area contributed by atoms with Crippen molar-refractivity contribution in [3.05, 3.63) is 30.1 Å². The van der Waals surface area contributed by atoms with Gasteiger partial charge in [-0.25, -0.2) is 0 Å². The normalized spacial score (nSPS) is 43.2. The van der Waals surface area contributed by atoms with Gasteiger partial charge in [-0.3, -0.25) is 14.6 Å². The summed E-state index contributed by atoms with van der Waals surface area (Å²) in [4.78, 5) is 32.8. The average molecular weight is 394 g/mol. The van der Waals surface area contributed by atoms with Crippen LogP contribution in [-0.4, -0.2) is 33.8 Å². The van der Waals surface area contributed by atoms with Crippen molar-refractivity contribution in [3.8, 4) is 0 Å². The molecular formula is C24H31N3O2. The number of hydrogen-bond acceptors (Lipinski definition) is 3. The minimum Gasteiger partial charge on any atom is -0.369 e. The van der Waals surface area contributed by atoms with Gasteiger partial charge in [0.2, 0.25) is 11.8 Å². The van der Waals surface area contributed by atoms with Crippen LogP contribution in [0.2, 0.25) is 0 Å². The van der Waals surface area contributed by atoms with Crippen molar-refractivity contribution in [1.29, 1.82) is 0 Å². The van der Waals surface area contributed by atoms with Crippen molar-refractivity contribution in [3.63, 3.8) is 0 Å². The third-order valence-corrected chi connectivity index (χ3v) is 9.30. The van der Waals surface area contributed by atoms with Gasteiger partial charge >= 0.3 is 0 Å². The molecule has 5 aliphatic carbocycles. The molecule has 7 rings (SSSR count). The van der Waals surface area contributed by atoms with Gasteiger partial charge in [-0.2, -0.15) is 0 Å². The van der Waals surface area contributed by atoms with E-state index in [4.69, 9.17) is 10.7 Å². The first kappa shape index (κ1) is 17.9. The second-order valence-electron chi connectivity index (χ2n) is 11.3. The van der Waals surface area contributed by atoms with Crippen LogP contribution in [-0.2, 0) is 15.0 Å². The molecular weight excluding hydrogens is 362 g/mol. The Labute approximate surface area is 172 Å². The van der Waals surface area contributed by atoms with Crippen LogP contribution in [0.5, 0.6) is 0 Å². The van der Waals surface area contributed by atoms with Crippen LogP contribution in [0.3, 0.4) is 0 Å². The lowest BCUT2D eigenvalue weighted by molar-refractivity contribution is -0.201. The van der Waals surface area contributed by atoms with Crippen LogP contribution in [0.25, 0.3) is 0 Å². The van der Waals surface area contributed by atoms with Crippen LogP contribution >= 0.6 is 0 Å². The highest BCUT2D eigenvalue weighted by atomic mass is 16.2. The summed E-state index contributed by atoms with van der Waals surface area (Å²) in [6.45, 7) is 4.25. The van der Waals surface area contributed by atoms with Gasteiger partial charge in [-0.05, 0) is 88.7 Å². The number of pyridine rings is 1. The van der Waals surface area contributed by atoms with Crippen molar-refractivity contribution in [2.24, 2.45) is 34.3 Å². The van der Waals surface area contributed by atoms with Crippen molar-refractivity contribution in [2.45, 2.75) is 76.3 Å². The van der Waals surface area contributed by atoms with Gasteiger partial charge in [0.15, 0.2) is 0 Å². The third kappa shape index (κ3) is 2.14. The van der Waals surface area contributed by atoms with E-state index in [-0.39, 0.29) is 34.2 Å². The molecule has 1 aliphatic heterocycles. The molecule has 1 saturated heterocycles. The number of carbonyl (C=O) groups excluding carboxylic acids is 2. The molecule has 4 bridgehead atoms. The van der Waals surface area contributed by atoms with Crippen LogP contribution in [0.15, 0.2) is 24.4 Å². The van der Waals surface area contributed by atoms with Gasteiger partial charge in [-0.1, -0.05) is 6.07 Å². The molecule has 6 atom stereocenters. The zero-order chi connectivity index (χ0) is 20.2. The van der Waals surface area contributed by atoms with Crippen LogP contribution in [0, 0.1) is 28.6 Å². The smallest absolute Gasteiger partial charge is 0.230 e. The van der Waals surface area contributed by atoms with Crippen molar-refractivity contribution >= 4 is 11.8 Å². The van der Waals surface area contributed by atoms with E-state index in [1.807, 2.05) is 12.3 Å². The quantitative estimate of drug-likeness (QED) is 0.799. The van der Waals surface area contributed by atoms with Gasteiger partial charge in [-0.15, -0.1) is 0 Å². The Morgan fingerprint density at radius 1 is 1.14 bits per heavy atom. The molecule has 0 aromatic carbocycles. The Hall–Kier alpha value is -1.91. The Morgan fingerprint density at radius 3 is 2.38 bits per heavy atom. The molecule has 0 spiro atoms. The van der Waals surface area contributed by atoms with Crippen molar-refractivity contribution in [2.75, 3.05) is 0 Å². The number of aromatic nitrogens is 1. The van der Waals surface area contributed by atoms with Crippen LogP contribution < -0.4 is 5.73 Å². The largest absolute Gasteiger partial charge is 0.369 e. The maximum Gasteiger partial charge on any atom is 0.230 e. The molecule has 3 unspecified atom stereocenters. The summed E-state index contributed by atoms with van der Waals surface area (Å²) >= 11 is 0. The first-order valence-electron chi connectivity index (χ1n) is 11.3. The molecule has 0 radical (unpaired) electrons. The van der Waals surface area contributed by atoms with E-state index in [2.05, 4.69) is 30.9 Å². The summed E-state index contributed by atoms with van der Waals surface area (Å²) in [6.07, 6.45) is 9.15. The fourth-order valence-electron chi connectivity index (χ4n) is 8.33. The summed E-state index contributed by atoms with van der Waals surface area (Å²) in [7, 11) is 0. The molecule has 29 heavy (non-hydrogen) atoms. The summed E-state index contributed by atoms with van der Waals surface area (Å²) in [5.41, 5.74) is 6.40. The highest BCUT2D eigenvalue weighted by Gasteiger charge is 2.72. The first-order chi connectivity index (χ1) is 13.8. The first-order valence-corrected chi connectivity index (χ1v) is 11.3. The monoisotopic (exact) mass is 393 g/mol. The highest BCUT2D eigenvalue weighted by Crippen LogP contribution is 2.66. The minimum absolute atomic E-state index is 0.00864. The molecule has 2 N–H and O–H groups in total. The predicted molar refractivity (Wildman–Crippen MR) is 109 cm³/mol. The summed E-state index contributed by atoms with van der Waals surface area (Å²) in [5, 5.41) is 0. The Kier molecular flexibility index (Phi) is 3.34. The number of nitrogens with zero attached hydrogens (tertiary/aromatic N) is 2. The number of likely N-dealkylation sites (tertiary alicyclic amines) is 1. The Balaban J connectivity index is 1.37. The molecule has 154 valence electrons. The SMILES string of the molecule is CC1(C)C(=O)N([C@@H]2C3CC4C[C@H]2C[C@@](C(N)=O)(C4)C3)C1C1(c2ccccn2)CC1. The van der Waals surface area contributed by atoms with Crippen molar-refractivity contribution < 1.29 is 9.59 Å². The number of rotatable bonds is 4. The molecule has 6 fully saturated rings. The molecule has 6 aliphatic rings. The molecule has 5 saturated carbocycles. The number of primary amides is 1. The second kappa shape index (κ2) is 5.41. The fraction of sp³-hybridized carbons (Fsp3) is 0.708.